The summed E-state index contributed by atoms with van der Waals surface area (Å²) in [5.74, 6) is 2.89. The predicted octanol–water partition coefficient (Wildman–Crippen LogP) is 2.84. The molecule has 1 aromatic rings. The maximum absolute atomic E-state index is 11.9. The molecule has 1 aromatic carbocycles. The molecule has 1 fully saturated rings. The molecule has 0 saturated carbocycles. The van der Waals surface area contributed by atoms with Gasteiger partial charge in [-0.1, -0.05) is 30.3 Å². The van der Waals surface area contributed by atoms with Gasteiger partial charge in [-0.3, -0.25) is 4.79 Å². The zero-order chi connectivity index (χ0) is 12.1. The van der Waals surface area contributed by atoms with Gasteiger partial charge in [0.25, 0.3) is 0 Å². The smallest absolute Gasteiger partial charge is 0.242 e. The van der Waals surface area contributed by atoms with Crippen LogP contribution in [0.3, 0.4) is 0 Å². The summed E-state index contributed by atoms with van der Waals surface area (Å²) in [6.45, 7) is 0.752. The minimum atomic E-state index is -0.578. The van der Waals surface area contributed by atoms with E-state index >= 15 is 0 Å². The Morgan fingerprint density at radius 3 is 2.88 bits per heavy atom. The second-order valence-electron chi connectivity index (χ2n) is 4.25. The van der Waals surface area contributed by atoms with Gasteiger partial charge >= 0.3 is 0 Å². The molecule has 0 radical (unpaired) electrons. The SMILES string of the molecule is O=C(NCC1CCSC1)C(Cl)c1ccccc1. The van der Waals surface area contributed by atoms with Crippen molar-refractivity contribution >= 4 is 29.3 Å². The van der Waals surface area contributed by atoms with Gasteiger partial charge < -0.3 is 5.32 Å². The maximum atomic E-state index is 11.9. The first-order chi connectivity index (χ1) is 8.27. The second-order valence-corrected chi connectivity index (χ2v) is 5.83. The third-order valence-corrected chi connectivity index (χ3v) is 4.59. The van der Waals surface area contributed by atoms with E-state index in [-0.39, 0.29) is 5.91 Å². The predicted molar refractivity (Wildman–Crippen MR) is 73.5 cm³/mol. The molecule has 2 nitrogen and oxygen atoms in total. The fraction of sp³-hybridized carbons (Fsp3) is 0.462. The summed E-state index contributed by atoms with van der Waals surface area (Å²) in [7, 11) is 0. The first-order valence-corrected chi connectivity index (χ1v) is 7.41. The third kappa shape index (κ3) is 3.65. The Bertz CT molecular complexity index is 365. The average Bonchev–Trinajstić information content (AvgIpc) is 2.89. The van der Waals surface area contributed by atoms with Crippen LogP contribution in [0.25, 0.3) is 0 Å². The number of nitrogens with one attached hydrogen (secondary N) is 1. The zero-order valence-corrected chi connectivity index (χ0v) is 11.1. The Kier molecular flexibility index (Phi) is 4.75. The van der Waals surface area contributed by atoms with Gasteiger partial charge in [-0.2, -0.15) is 11.8 Å². The molecule has 0 spiro atoms. The van der Waals surface area contributed by atoms with Gasteiger partial charge in [0.15, 0.2) is 0 Å². The van der Waals surface area contributed by atoms with Crippen LogP contribution in [0.2, 0.25) is 0 Å². The molecular formula is C13H16ClNOS. The Balaban J connectivity index is 1.83. The molecule has 2 atom stereocenters. The highest BCUT2D eigenvalue weighted by molar-refractivity contribution is 7.99. The van der Waals surface area contributed by atoms with E-state index in [0.717, 1.165) is 17.9 Å². The van der Waals surface area contributed by atoms with Crippen molar-refractivity contribution in [1.29, 1.82) is 0 Å². The standard InChI is InChI=1S/C13H16ClNOS/c14-12(11-4-2-1-3-5-11)13(16)15-8-10-6-7-17-9-10/h1-5,10,12H,6-9H2,(H,15,16). The Labute approximate surface area is 111 Å². The molecule has 17 heavy (non-hydrogen) atoms. The van der Waals surface area contributed by atoms with Gasteiger partial charge in [0.05, 0.1) is 0 Å². The molecule has 1 N–H and O–H groups in total. The molecule has 4 heteroatoms. The minimum Gasteiger partial charge on any atom is -0.354 e. The number of benzene rings is 1. The molecular weight excluding hydrogens is 254 g/mol. The van der Waals surface area contributed by atoms with E-state index in [9.17, 15) is 4.79 Å². The molecule has 2 unspecified atom stereocenters. The van der Waals surface area contributed by atoms with E-state index in [1.54, 1.807) is 0 Å². The van der Waals surface area contributed by atoms with E-state index in [1.165, 1.54) is 12.2 Å². The van der Waals surface area contributed by atoms with E-state index in [4.69, 9.17) is 11.6 Å². The fourth-order valence-electron chi connectivity index (χ4n) is 1.85. The van der Waals surface area contributed by atoms with Gasteiger partial charge in [0.2, 0.25) is 5.91 Å². The van der Waals surface area contributed by atoms with Gasteiger partial charge in [0, 0.05) is 6.54 Å². The first-order valence-electron chi connectivity index (χ1n) is 5.82. The van der Waals surface area contributed by atoms with Crippen LogP contribution in [0.1, 0.15) is 17.4 Å². The van der Waals surface area contributed by atoms with Crippen LogP contribution in [-0.2, 0) is 4.79 Å². The normalized spacial score (nSPS) is 21.1. The topological polar surface area (TPSA) is 29.1 Å². The van der Waals surface area contributed by atoms with Crippen LogP contribution in [0.4, 0.5) is 0 Å². The summed E-state index contributed by atoms with van der Waals surface area (Å²) in [6, 6.07) is 9.46. The van der Waals surface area contributed by atoms with Crippen LogP contribution >= 0.6 is 23.4 Å². The summed E-state index contributed by atoms with van der Waals surface area (Å²) in [4.78, 5) is 11.9. The van der Waals surface area contributed by atoms with Crippen molar-refractivity contribution in [3.63, 3.8) is 0 Å². The van der Waals surface area contributed by atoms with Gasteiger partial charge in [-0.15, -0.1) is 11.6 Å². The average molecular weight is 270 g/mol. The van der Waals surface area contributed by atoms with Crippen LogP contribution in [0, 0.1) is 5.92 Å². The highest BCUT2D eigenvalue weighted by atomic mass is 35.5. The molecule has 1 saturated heterocycles. The van der Waals surface area contributed by atoms with E-state index in [0.29, 0.717) is 5.92 Å². The highest BCUT2D eigenvalue weighted by Gasteiger charge is 2.20. The van der Waals surface area contributed by atoms with Crippen molar-refractivity contribution in [2.24, 2.45) is 5.92 Å². The lowest BCUT2D eigenvalue weighted by atomic mass is 10.1. The monoisotopic (exact) mass is 269 g/mol. The van der Waals surface area contributed by atoms with Crippen LogP contribution in [0.15, 0.2) is 30.3 Å². The highest BCUT2D eigenvalue weighted by Crippen LogP contribution is 2.23. The molecule has 1 amide bonds. The van der Waals surface area contributed by atoms with Crippen LogP contribution < -0.4 is 5.32 Å². The maximum Gasteiger partial charge on any atom is 0.242 e. The summed E-state index contributed by atoms with van der Waals surface area (Å²) >= 11 is 8.08. The Morgan fingerprint density at radius 1 is 1.47 bits per heavy atom. The van der Waals surface area contributed by atoms with Crippen molar-refractivity contribution in [3.05, 3.63) is 35.9 Å². The summed E-state index contributed by atoms with van der Waals surface area (Å²) in [5, 5.41) is 2.36. The van der Waals surface area contributed by atoms with E-state index in [2.05, 4.69) is 5.32 Å². The number of rotatable bonds is 4. The number of halogens is 1. The largest absolute Gasteiger partial charge is 0.354 e. The molecule has 92 valence electrons. The third-order valence-electron chi connectivity index (χ3n) is 2.91. The lowest BCUT2D eigenvalue weighted by Gasteiger charge is -2.13. The zero-order valence-electron chi connectivity index (χ0n) is 9.56. The van der Waals surface area contributed by atoms with Gasteiger partial charge in [0.1, 0.15) is 5.38 Å². The minimum absolute atomic E-state index is 0.0882. The molecule has 1 aliphatic heterocycles. The molecule has 0 aromatic heterocycles. The number of alkyl halides is 1. The lowest BCUT2D eigenvalue weighted by molar-refractivity contribution is -0.121. The fourth-order valence-corrected chi connectivity index (χ4v) is 3.36. The van der Waals surface area contributed by atoms with Gasteiger partial charge in [-0.05, 0) is 29.4 Å². The summed E-state index contributed by atoms with van der Waals surface area (Å²) in [5.41, 5.74) is 0.854. The van der Waals surface area contributed by atoms with E-state index in [1.807, 2.05) is 42.1 Å². The quantitative estimate of drug-likeness (QED) is 0.852. The van der Waals surface area contributed by atoms with Crippen LogP contribution in [0.5, 0.6) is 0 Å². The summed E-state index contributed by atoms with van der Waals surface area (Å²) < 4.78 is 0. The number of amides is 1. The lowest BCUT2D eigenvalue weighted by Crippen LogP contribution is -2.31. The number of hydrogen-bond acceptors (Lipinski definition) is 2. The van der Waals surface area contributed by atoms with Crippen molar-refractivity contribution < 1.29 is 4.79 Å². The first kappa shape index (κ1) is 12.8. The molecule has 0 bridgehead atoms. The number of carbonyl (C=O) groups excluding carboxylic acids is 1. The van der Waals surface area contributed by atoms with Crippen molar-refractivity contribution in [2.75, 3.05) is 18.1 Å². The van der Waals surface area contributed by atoms with Crippen molar-refractivity contribution in [1.82, 2.24) is 5.32 Å². The summed E-state index contributed by atoms with van der Waals surface area (Å²) in [6.07, 6.45) is 1.20. The molecule has 2 rings (SSSR count). The molecule has 1 aliphatic rings. The Hall–Kier alpha value is -0.670. The number of thioether (sulfide) groups is 1. The second kappa shape index (κ2) is 6.31. The Morgan fingerprint density at radius 2 is 2.24 bits per heavy atom. The van der Waals surface area contributed by atoms with Crippen LogP contribution in [-0.4, -0.2) is 24.0 Å². The van der Waals surface area contributed by atoms with Gasteiger partial charge in [-0.25, -0.2) is 0 Å². The van der Waals surface area contributed by atoms with E-state index < -0.39 is 5.38 Å². The molecule has 0 aliphatic carbocycles. The number of carbonyl (C=O) groups is 1. The molecule has 1 heterocycles. The van der Waals surface area contributed by atoms with Crippen molar-refractivity contribution in [2.45, 2.75) is 11.8 Å². The number of hydrogen-bond donors (Lipinski definition) is 1. The van der Waals surface area contributed by atoms with Crippen molar-refractivity contribution in [3.8, 4) is 0 Å².